The molecule has 6 rings (SSSR count). The van der Waals surface area contributed by atoms with Gasteiger partial charge in [0.05, 0.1) is 19.0 Å². The lowest BCUT2D eigenvalue weighted by Crippen LogP contribution is -2.56. The molecule has 1 heterocycles. The third-order valence-electron chi connectivity index (χ3n) is 8.38. The van der Waals surface area contributed by atoms with Gasteiger partial charge < -0.3 is 14.9 Å². The number of carbonyl (C=O) groups excluding carboxylic acids is 2. The maximum atomic E-state index is 14.4. The molecule has 0 spiro atoms. The van der Waals surface area contributed by atoms with E-state index in [-0.39, 0.29) is 37.4 Å². The fourth-order valence-corrected chi connectivity index (χ4v) is 6.23. The summed E-state index contributed by atoms with van der Waals surface area (Å²) in [7, 11) is 0. The molecule has 1 aliphatic rings. The first-order valence-corrected chi connectivity index (χ1v) is 15.7. The van der Waals surface area contributed by atoms with Crippen LogP contribution < -0.4 is 0 Å². The van der Waals surface area contributed by atoms with Gasteiger partial charge in [-0.1, -0.05) is 121 Å². The number of aliphatic hydroxyl groups excluding tert-OH is 1. The highest BCUT2D eigenvalue weighted by molar-refractivity contribution is 6.30. The second-order valence-electron chi connectivity index (χ2n) is 11.4. The van der Waals surface area contributed by atoms with Gasteiger partial charge in [-0.3, -0.25) is 9.59 Å². The fourth-order valence-electron chi connectivity index (χ4n) is 6.11. The molecule has 1 atom stereocenters. The molecular formula is C39H35ClN2O3. The summed E-state index contributed by atoms with van der Waals surface area (Å²) in [6.45, 7) is 0.563. The van der Waals surface area contributed by atoms with Crippen molar-refractivity contribution in [1.29, 1.82) is 0 Å². The molecule has 1 N–H and O–H groups in total. The quantitative estimate of drug-likeness (QED) is 0.196. The molecule has 5 nitrogen and oxygen atoms in total. The van der Waals surface area contributed by atoms with E-state index in [9.17, 15) is 14.7 Å². The Hall–Kier alpha value is -4.71. The Morgan fingerprint density at radius 1 is 0.800 bits per heavy atom. The highest BCUT2D eigenvalue weighted by atomic mass is 35.5. The number of aliphatic hydroxyl groups is 1. The molecule has 0 saturated carbocycles. The van der Waals surface area contributed by atoms with Crippen molar-refractivity contribution >= 4 is 34.2 Å². The zero-order valence-corrected chi connectivity index (χ0v) is 25.7. The van der Waals surface area contributed by atoms with E-state index in [1.54, 1.807) is 4.90 Å². The topological polar surface area (TPSA) is 60.9 Å². The molecular weight excluding hydrogens is 580 g/mol. The third-order valence-corrected chi connectivity index (χ3v) is 8.64. The number of hydrogen-bond acceptors (Lipinski definition) is 3. The van der Waals surface area contributed by atoms with Crippen molar-refractivity contribution in [2.75, 3.05) is 19.7 Å². The lowest BCUT2D eigenvalue weighted by atomic mass is 9.96. The lowest BCUT2D eigenvalue weighted by Gasteiger charge is -2.43. The summed E-state index contributed by atoms with van der Waals surface area (Å²) in [5, 5.41) is 12.6. The Morgan fingerprint density at radius 2 is 1.51 bits per heavy atom. The molecule has 0 unspecified atom stereocenters. The molecule has 1 saturated heterocycles. The fraction of sp³-hybridized carbons (Fsp3) is 0.179. The number of halogens is 1. The summed E-state index contributed by atoms with van der Waals surface area (Å²) in [5.74, 6) is -0.126. The molecule has 0 aliphatic carbocycles. The van der Waals surface area contributed by atoms with Crippen LogP contribution in [0.25, 0.3) is 21.9 Å². The number of carbonyl (C=O) groups is 2. The van der Waals surface area contributed by atoms with Crippen LogP contribution in [0.4, 0.5) is 0 Å². The van der Waals surface area contributed by atoms with Crippen LogP contribution in [-0.2, 0) is 17.6 Å². The van der Waals surface area contributed by atoms with E-state index in [0.717, 1.165) is 38.7 Å². The van der Waals surface area contributed by atoms with Gasteiger partial charge in [0, 0.05) is 29.4 Å². The first kappa shape index (κ1) is 30.3. The summed E-state index contributed by atoms with van der Waals surface area (Å²) in [6, 6.07) is 39.2. The zero-order valence-electron chi connectivity index (χ0n) is 25.0. The van der Waals surface area contributed by atoms with Crippen molar-refractivity contribution in [3.05, 3.63) is 155 Å². The largest absolute Gasteiger partial charge is 0.396 e. The van der Waals surface area contributed by atoms with Crippen LogP contribution in [-0.4, -0.2) is 52.5 Å². The van der Waals surface area contributed by atoms with E-state index in [2.05, 4.69) is 36.4 Å². The highest BCUT2D eigenvalue weighted by Crippen LogP contribution is 2.30. The minimum Gasteiger partial charge on any atom is -0.396 e. The van der Waals surface area contributed by atoms with Gasteiger partial charge in [-0.2, -0.15) is 0 Å². The highest BCUT2D eigenvalue weighted by Gasteiger charge is 2.36. The van der Waals surface area contributed by atoms with Gasteiger partial charge in [-0.25, -0.2) is 0 Å². The average molecular weight is 615 g/mol. The second kappa shape index (κ2) is 13.9. The molecule has 1 fully saturated rings. The SMILES string of the molecule is O=C(c1ccccc1-c1ccc(Cl)cc1)N1C[C@@H](Cc2ccccc2)N(C(=O)Cc2ccc3ccccc3c2)C/C1=C\CCO. The molecule has 0 aromatic heterocycles. The van der Waals surface area contributed by atoms with Crippen LogP contribution in [0, 0.1) is 0 Å². The van der Waals surface area contributed by atoms with Gasteiger partial charge in [0.25, 0.3) is 5.91 Å². The predicted octanol–water partition coefficient (Wildman–Crippen LogP) is 7.56. The number of rotatable bonds is 8. The molecule has 0 bridgehead atoms. The Labute approximate surface area is 269 Å². The van der Waals surface area contributed by atoms with Crippen LogP contribution in [0.3, 0.4) is 0 Å². The molecule has 1 aliphatic heterocycles. The standard InChI is InChI=1S/C39H35ClN2O3/c40-33-20-18-31(19-21-33)36-14-6-7-15-37(36)39(45)42-27-35(24-28-9-2-1-3-10-28)41(26-34(42)13-8-22-43)38(44)25-29-16-17-30-11-4-5-12-32(30)23-29/h1-7,9-21,23,35,43H,8,22,24-27H2/b34-13+/t35-/m1/s1. The molecule has 5 aromatic rings. The van der Waals surface area contributed by atoms with Gasteiger partial charge in [-0.15, -0.1) is 0 Å². The van der Waals surface area contributed by atoms with Crippen molar-refractivity contribution in [2.24, 2.45) is 0 Å². The van der Waals surface area contributed by atoms with Crippen molar-refractivity contribution < 1.29 is 14.7 Å². The van der Waals surface area contributed by atoms with Crippen molar-refractivity contribution in [2.45, 2.75) is 25.3 Å². The van der Waals surface area contributed by atoms with Crippen LogP contribution >= 0.6 is 11.6 Å². The number of piperazine rings is 1. The minimum absolute atomic E-state index is 0.00905. The van der Waals surface area contributed by atoms with E-state index >= 15 is 0 Å². The first-order chi connectivity index (χ1) is 22.0. The zero-order chi connectivity index (χ0) is 31.2. The number of nitrogens with zero attached hydrogens (tertiary/aromatic N) is 2. The molecule has 6 heteroatoms. The smallest absolute Gasteiger partial charge is 0.258 e. The first-order valence-electron chi connectivity index (χ1n) is 15.3. The van der Waals surface area contributed by atoms with Gasteiger partial charge in [0.2, 0.25) is 5.91 Å². The number of hydrogen-bond donors (Lipinski definition) is 1. The van der Waals surface area contributed by atoms with E-state index < -0.39 is 0 Å². The van der Waals surface area contributed by atoms with E-state index in [4.69, 9.17) is 11.6 Å². The van der Waals surface area contributed by atoms with Crippen LogP contribution in [0.5, 0.6) is 0 Å². The van der Waals surface area contributed by atoms with Crippen LogP contribution in [0.15, 0.2) is 133 Å². The summed E-state index contributed by atoms with van der Waals surface area (Å²) >= 11 is 6.15. The molecule has 2 amide bonds. The number of benzene rings is 5. The van der Waals surface area contributed by atoms with Gasteiger partial charge in [-0.05, 0) is 64.1 Å². The van der Waals surface area contributed by atoms with Crippen molar-refractivity contribution in [3.63, 3.8) is 0 Å². The summed E-state index contributed by atoms with van der Waals surface area (Å²) in [4.78, 5) is 32.2. The summed E-state index contributed by atoms with van der Waals surface area (Å²) in [6.07, 6.45) is 3.14. The summed E-state index contributed by atoms with van der Waals surface area (Å²) in [5.41, 5.74) is 5.06. The minimum atomic E-state index is -0.238. The van der Waals surface area contributed by atoms with E-state index in [1.165, 1.54) is 0 Å². The number of amides is 2. The van der Waals surface area contributed by atoms with Crippen LogP contribution in [0.2, 0.25) is 5.02 Å². The lowest BCUT2D eigenvalue weighted by molar-refractivity contribution is -0.133. The Kier molecular flexibility index (Phi) is 9.39. The third kappa shape index (κ3) is 7.01. The van der Waals surface area contributed by atoms with Gasteiger partial charge in [0.15, 0.2) is 0 Å². The molecule has 5 aromatic carbocycles. The monoisotopic (exact) mass is 614 g/mol. The maximum absolute atomic E-state index is 14.4. The molecule has 45 heavy (non-hydrogen) atoms. The molecule has 0 radical (unpaired) electrons. The van der Waals surface area contributed by atoms with Crippen molar-refractivity contribution in [1.82, 2.24) is 9.80 Å². The van der Waals surface area contributed by atoms with Crippen molar-refractivity contribution in [3.8, 4) is 11.1 Å². The normalized spacial score (nSPS) is 15.9. The van der Waals surface area contributed by atoms with E-state index in [0.29, 0.717) is 30.0 Å². The second-order valence-corrected chi connectivity index (χ2v) is 11.8. The van der Waals surface area contributed by atoms with Gasteiger partial charge >= 0.3 is 0 Å². The van der Waals surface area contributed by atoms with Crippen LogP contribution in [0.1, 0.15) is 27.9 Å². The van der Waals surface area contributed by atoms with Gasteiger partial charge in [0.1, 0.15) is 0 Å². The summed E-state index contributed by atoms with van der Waals surface area (Å²) < 4.78 is 0. The number of fused-ring (bicyclic) bond motifs is 1. The Bertz CT molecular complexity index is 1840. The average Bonchev–Trinajstić information content (AvgIpc) is 3.08. The van der Waals surface area contributed by atoms with E-state index in [1.807, 2.05) is 95.9 Å². The molecule has 226 valence electrons. The Balaban J connectivity index is 1.34. The Morgan fingerprint density at radius 3 is 2.29 bits per heavy atom. The predicted molar refractivity (Wildman–Crippen MR) is 181 cm³/mol. The maximum Gasteiger partial charge on any atom is 0.258 e.